The summed E-state index contributed by atoms with van der Waals surface area (Å²) in [6.45, 7) is 6.68. The van der Waals surface area contributed by atoms with Crippen LogP contribution in [-0.4, -0.2) is 29.3 Å². The van der Waals surface area contributed by atoms with E-state index in [9.17, 15) is 9.59 Å². The van der Waals surface area contributed by atoms with Crippen LogP contribution < -0.4 is 5.32 Å². The Labute approximate surface area is 176 Å². The number of halogens is 2. The van der Waals surface area contributed by atoms with Gasteiger partial charge in [0.05, 0.1) is 6.42 Å². The first-order chi connectivity index (χ1) is 13.3. The van der Waals surface area contributed by atoms with Gasteiger partial charge in [0.1, 0.15) is 6.04 Å². The number of benzene rings is 2. The Morgan fingerprint density at radius 2 is 1.57 bits per heavy atom. The smallest absolute Gasteiger partial charge is 0.242 e. The molecule has 0 radical (unpaired) electrons. The molecule has 2 aromatic rings. The number of carbonyl (C=O) groups excluding carboxylic acids is 2. The van der Waals surface area contributed by atoms with Crippen molar-refractivity contribution in [1.29, 1.82) is 0 Å². The summed E-state index contributed by atoms with van der Waals surface area (Å²) in [6, 6.07) is 14.1. The van der Waals surface area contributed by atoms with Gasteiger partial charge in [0.25, 0.3) is 0 Å². The molecule has 0 saturated heterocycles. The summed E-state index contributed by atoms with van der Waals surface area (Å²) in [5.41, 5.74) is 1.52. The Morgan fingerprint density at radius 3 is 2.14 bits per heavy atom. The molecule has 0 aliphatic heterocycles. The van der Waals surface area contributed by atoms with Gasteiger partial charge in [-0.1, -0.05) is 73.4 Å². The average molecular weight is 421 g/mol. The van der Waals surface area contributed by atoms with Crippen LogP contribution in [0.15, 0.2) is 48.5 Å². The molecule has 28 heavy (non-hydrogen) atoms. The van der Waals surface area contributed by atoms with Gasteiger partial charge in [-0.25, -0.2) is 0 Å². The number of hydrogen-bond acceptors (Lipinski definition) is 2. The van der Waals surface area contributed by atoms with Crippen molar-refractivity contribution < 1.29 is 9.59 Å². The Morgan fingerprint density at radius 1 is 0.964 bits per heavy atom. The first-order valence-corrected chi connectivity index (χ1v) is 10.1. The normalized spacial score (nSPS) is 11.9. The summed E-state index contributed by atoms with van der Waals surface area (Å²) in [5, 5.41) is 3.79. The van der Waals surface area contributed by atoms with Gasteiger partial charge >= 0.3 is 0 Å². The van der Waals surface area contributed by atoms with E-state index in [2.05, 4.69) is 5.32 Å². The van der Waals surface area contributed by atoms with Crippen LogP contribution in [0.2, 0.25) is 10.0 Å². The Kier molecular flexibility index (Phi) is 8.34. The molecule has 1 atom stereocenters. The maximum atomic E-state index is 13.1. The van der Waals surface area contributed by atoms with Gasteiger partial charge in [0.15, 0.2) is 0 Å². The fraction of sp³-hybridized carbons (Fsp3) is 0.364. The third kappa shape index (κ3) is 6.25. The number of rotatable bonds is 8. The minimum atomic E-state index is -0.618. The van der Waals surface area contributed by atoms with Crippen molar-refractivity contribution in [2.75, 3.05) is 6.54 Å². The summed E-state index contributed by atoms with van der Waals surface area (Å²) in [7, 11) is 0. The highest BCUT2D eigenvalue weighted by atomic mass is 35.5. The number of nitrogens with zero attached hydrogens (tertiary/aromatic N) is 1. The van der Waals surface area contributed by atoms with E-state index in [0.29, 0.717) is 34.6 Å². The largest absolute Gasteiger partial charge is 0.354 e. The van der Waals surface area contributed by atoms with Gasteiger partial charge in [-0.05, 0) is 36.1 Å². The van der Waals surface area contributed by atoms with Gasteiger partial charge in [0.2, 0.25) is 11.8 Å². The molecule has 0 spiro atoms. The quantitative estimate of drug-likeness (QED) is 0.670. The third-order valence-corrected chi connectivity index (χ3v) is 5.15. The molecule has 150 valence electrons. The van der Waals surface area contributed by atoms with Crippen LogP contribution in [0.4, 0.5) is 0 Å². The molecular formula is C22H26Cl2N2O2. The van der Waals surface area contributed by atoms with Crippen molar-refractivity contribution in [3.63, 3.8) is 0 Å². The standard InChI is InChI=1S/C22H26Cl2N2O2/c1-15(2)13-25-22(28)16(3)26(14-17-8-5-4-6-9-17)21(27)12-18-19(23)10-7-11-20(18)24/h4-11,15-16H,12-14H2,1-3H3,(H,25,28). The lowest BCUT2D eigenvalue weighted by Crippen LogP contribution is -2.48. The molecule has 0 aromatic heterocycles. The molecule has 0 heterocycles. The first kappa shape index (κ1) is 22.3. The van der Waals surface area contributed by atoms with Crippen LogP contribution in [0.25, 0.3) is 0 Å². The van der Waals surface area contributed by atoms with Gasteiger partial charge in [-0.15, -0.1) is 0 Å². The van der Waals surface area contributed by atoms with Crippen LogP contribution in [0, 0.1) is 5.92 Å². The maximum Gasteiger partial charge on any atom is 0.242 e. The summed E-state index contributed by atoms with van der Waals surface area (Å²) in [4.78, 5) is 27.3. The molecule has 0 saturated carbocycles. The lowest BCUT2D eigenvalue weighted by Gasteiger charge is -2.29. The zero-order valence-corrected chi connectivity index (χ0v) is 17.9. The zero-order chi connectivity index (χ0) is 20.7. The SMILES string of the molecule is CC(C)CNC(=O)C(C)N(Cc1ccccc1)C(=O)Cc1c(Cl)cccc1Cl. The average Bonchev–Trinajstić information content (AvgIpc) is 2.67. The third-order valence-electron chi connectivity index (χ3n) is 4.44. The zero-order valence-electron chi connectivity index (χ0n) is 16.4. The Balaban J connectivity index is 2.23. The highest BCUT2D eigenvalue weighted by molar-refractivity contribution is 6.36. The van der Waals surface area contributed by atoms with Crippen molar-refractivity contribution in [3.05, 3.63) is 69.7 Å². The van der Waals surface area contributed by atoms with Crippen LogP contribution in [-0.2, 0) is 22.6 Å². The predicted octanol–water partition coefficient (Wildman–Crippen LogP) is 4.73. The van der Waals surface area contributed by atoms with Crippen molar-refractivity contribution in [3.8, 4) is 0 Å². The fourth-order valence-electron chi connectivity index (χ4n) is 2.77. The van der Waals surface area contributed by atoms with E-state index >= 15 is 0 Å². The minimum Gasteiger partial charge on any atom is -0.354 e. The topological polar surface area (TPSA) is 49.4 Å². The molecule has 4 nitrogen and oxygen atoms in total. The van der Waals surface area contributed by atoms with Gasteiger partial charge in [-0.3, -0.25) is 9.59 Å². The highest BCUT2D eigenvalue weighted by Crippen LogP contribution is 2.25. The molecule has 1 N–H and O–H groups in total. The molecule has 2 amide bonds. The van der Waals surface area contributed by atoms with Gasteiger partial charge in [0, 0.05) is 23.1 Å². The first-order valence-electron chi connectivity index (χ1n) is 9.33. The number of amides is 2. The molecule has 6 heteroatoms. The van der Waals surface area contributed by atoms with E-state index in [-0.39, 0.29) is 18.2 Å². The Bertz CT molecular complexity index is 789. The minimum absolute atomic E-state index is 0.0349. The van der Waals surface area contributed by atoms with Crippen molar-refractivity contribution in [2.24, 2.45) is 5.92 Å². The van der Waals surface area contributed by atoms with E-state index in [1.807, 2.05) is 44.2 Å². The van der Waals surface area contributed by atoms with E-state index in [4.69, 9.17) is 23.2 Å². The molecule has 0 aliphatic carbocycles. The van der Waals surface area contributed by atoms with E-state index in [0.717, 1.165) is 5.56 Å². The molecule has 2 rings (SSSR count). The molecular weight excluding hydrogens is 395 g/mol. The van der Waals surface area contributed by atoms with Crippen LogP contribution in [0.5, 0.6) is 0 Å². The molecule has 2 aromatic carbocycles. The van der Waals surface area contributed by atoms with Crippen LogP contribution in [0.3, 0.4) is 0 Å². The summed E-state index contributed by atoms with van der Waals surface area (Å²) in [5.74, 6) is -0.0503. The van der Waals surface area contributed by atoms with Crippen molar-refractivity contribution >= 4 is 35.0 Å². The number of nitrogens with one attached hydrogen (secondary N) is 1. The lowest BCUT2D eigenvalue weighted by molar-refractivity contribution is -0.140. The van der Waals surface area contributed by atoms with E-state index < -0.39 is 6.04 Å². The second-order valence-corrected chi connectivity index (χ2v) is 8.01. The maximum absolute atomic E-state index is 13.1. The van der Waals surface area contributed by atoms with Crippen molar-refractivity contribution in [1.82, 2.24) is 10.2 Å². The number of hydrogen-bond donors (Lipinski definition) is 1. The molecule has 1 unspecified atom stereocenters. The van der Waals surface area contributed by atoms with Gasteiger partial charge < -0.3 is 10.2 Å². The summed E-state index contributed by atoms with van der Waals surface area (Å²) < 4.78 is 0. The molecule has 0 aliphatic rings. The predicted molar refractivity (Wildman–Crippen MR) is 114 cm³/mol. The summed E-state index contributed by atoms with van der Waals surface area (Å²) >= 11 is 12.5. The van der Waals surface area contributed by atoms with Crippen molar-refractivity contribution in [2.45, 2.75) is 39.8 Å². The summed E-state index contributed by atoms with van der Waals surface area (Å²) in [6.07, 6.45) is 0.0349. The van der Waals surface area contributed by atoms with Gasteiger partial charge in [-0.2, -0.15) is 0 Å². The second kappa shape index (κ2) is 10.5. The lowest BCUT2D eigenvalue weighted by atomic mass is 10.1. The monoisotopic (exact) mass is 420 g/mol. The Hall–Kier alpha value is -2.04. The highest BCUT2D eigenvalue weighted by Gasteiger charge is 2.27. The van der Waals surface area contributed by atoms with Crippen LogP contribution >= 0.6 is 23.2 Å². The second-order valence-electron chi connectivity index (χ2n) is 7.20. The molecule has 0 fully saturated rings. The fourth-order valence-corrected chi connectivity index (χ4v) is 3.30. The van der Waals surface area contributed by atoms with E-state index in [1.54, 1.807) is 30.0 Å². The molecule has 0 bridgehead atoms. The van der Waals surface area contributed by atoms with E-state index in [1.165, 1.54) is 0 Å². The van der Waals surface area contributed by atoms with Crippen LogP contribution in [0.1, 0.15) is 31.9 Å². The number of carbonyl (C=O) groups is 2.